The number of hydrogen-bond donors (Lipinski definition) is 2. The minimum Gasteiger partial charge on any atom is -0.348 e. The SMILES string of the molecule is CCc1ccsc1C(=O)NC1CCNC(C)C1. The molecule has 1 amide bonds. The zero-order valence-corrected chi connectivity index (χ0v) is 11.3. The van der Waals surface area contributed by atoms with Crippen molar-refractivity contribution in [2.24, 2.45) is 0 Å². The highest BCUT2D eigenvalue weighted by atomic mass is 32.1. The van der Waals surface area contributed by atoms with Gasteiger partial charge in [0.2, 0.25) is 0 Å². The van der Waals surface area contributed by atoms with Gasteiger partial charge in [-0.2, -0.15) is 0 Å². The Balaban J connectivity index is 1.97. The van der Waals surface area contributed by atoms with E-state index in [1.54, 1.807) is 11.3 Å². The highest BCUT2D eigenvalue weighted by molar-refractivity contribution is 7.12. The van der Waals surface area contributed by atoms with Crippen LogP contribution in [-0.2, 0) is 6.42 Å². The summed E-state index contributed by atoms with van der Waals surface area (Å²) in [6, 6.07) is 2.87. The summed E-state index contributed by atoms with van der Waals surface area (Å²) in [6.07, 6.45) is 2.98. The molecule has 2 rings (SSSR count). The molecule has 94 valence electrons. The van der Waals surface area contributed by atoms with Gasteiger partial charge in [-0.05, 0) is 49.7 Å². The second kappa shape index (κ2) is 5.65. The first kappa shape index (κ1) is 12.6. The van der Waals surface area contributed by atoms with Crippen molar-refractivity contribution in [1.82, 2.24) is 10.6 Å². The predicted molar refractivity (Wildman–Crippen MR) is 71.6 cm³/mol. The standard InChI is InChI=1S/C13H20N2OS/c1-3-10-5-7-17-12(10)13(16)15-11-4-6-14-9(2)8-11/h5,7,9,11,14H,3-4,6,8H2,1-2H3,(H,15,16). The number of aryl methyl sites for hydroxylation is 1. The zero-order valence-electron chi connectivity index (χ0n) is 10.5. The van der Waals surface area contributed by atoms with Crippen molar-refractivity contribution in [3.8, 4) is 0 Å². The van der Waals surface area contributed by atoms with E-state index in [1.165, 1.54) is 0 Å². The Labute approximate surface area is 107 Å². The molecule has 4 heteroatoms. The fourth-order valence-electron chi connectivity index (χ4n) is 2.33. The van der Waals surface area contributed by atoms with E-state index in [9.17, 15) is 4.79 Å². The van der Waals surface area contributed by atoms with Gasteiger partial charge in [-0.3, -0.25) is 4.79 Å². The zero-order chi connectivity index (χ0) is 12.3. The van der Waals surface area contributed by atoms with Crippen molar-refractivity contribution >= 4 is 17.2 Å². The van der Waals surface area contributed by atoms with Gasteiger partial charge in [-0.1, -0.05) is 6.92 Å². The molecule has 0 bridgehead atoms. The average molecular weight is 252 g/mol. The van der Waals surface area contributed by atoms with E-state index in [-0.39, 0.29) is 5.91 Å². The van der Waals surface area contributed by atoms with Crippen LogP contribution < -0.4 is 10.6 Å². The van der Waals surface area contributed by atoms with Crippen LogP contribution in [0.3, 0.4) is 0 Å². The van der Waals surface area contributed by atoms with Gasteiger partial charge in [0.05, 0.1) is 4.88 Å². The Hall–Kier alpha value is -0.870. The molecule has 0 aromatic carbocycles. The average Bonchev–Trinajstić information content (AvgIpc) is 2.77. The van der Waals surface area contributed by atoms with Crippen LogP contribution >= 0.6 is 11.3 Å². The van der Waals surface area contributed by atoms with E-state index < -0.39 is 0 Å². The molecule has 1 aromatic heterocycles. The van der Waals surface area contributed by atoms with Gasteiger partial charge in [0.25, 0.3) is 5.91 Å². The first-order chi connectivity index (χ1) is 8.20. The Bertz CT molecular complexity index is 389. The lowest BCUT2D eigenvalue weighted by Crippen LogP contribution is -2.46. The van der Waals surface area contributed by atoms with Crippen LogP contribution in [0, 0.1) is 0 Å². The molecule has 1 aliphatic rings. The summed E-state index contributed by atoms with van der Waals surface area (Å²) in [5, 5.41) is 8.55. The first-order valence-corrected chi connectivity index (χ1v) is 7.19. The summed E-state index contributed by atoms with van der Waals surface area (Å²) < 4.78 is 0. The number of thiophene rings is 1. The summed E-state index contributed by atoms with van der Waals surface area (Å²) in [6.45, 7) is 5.25. The van der Waals surface area contributed by atoms with Gasteiger partial charge in [0, 0.05) is 12.1 Å². The van der Waals surface area contributed by atoms with Gasteiger partial charge < -0.3 is 10.6 Å². The second-order valence-electron chi connectivity index (χ2n) is 4.68. The molecule has 3 nitrogen and oxygen atoms in total. The minimum atomic E-state index is 0.107. The lowest BCUT2D eigenvalue weighted by Gasteiger charge is -2.28. The van der Waals surface area contributed by atoms with Crippen molar-refractivity contribution in [1.29, 1.82) is 0 Å². The topological polar surface area (TPSA) is 41.1 Å². The number of carbonyl (C=O) groups is 1. The normalized spacial score (nSPS) is 24.6. The van der Waals surface area contributed by atoms with Gasteiger partial charge in [0.1, 0.15) is 0 Å². The molecule has 2 unspecified atom stereocenters. The highest BCUT2D eigenvalue weighted by Gasteiger charge is 2.21. The molecule has 2 N–H and O–H groups in total. The maximum atomic E-state index is 12.1. The number of amides is 1. The molecular weight excluding hydrogens is 232 g/mol. The monoisotopic (exact) mass is 252 g/mol. The van der Waals surface area contributed by atoms with Crippen molar-refractivity contribution in [3.05, 3.63) is 21.9 Å². The van der Waals surface area contributed by atoms with Crippen LogP contribution in [-0.4, -0.2) is 24.5 Å². The molecule has 1 saturated heterocycles. The Morgan fingerprint density at radius 1 is 1.65 bits per heavy atom. The summed E-state index contributed by atoms with van der Waals surface area (Å²) in [5.41, 5.74) is 1.16. The fourth-order valence-corrected chi connectivity index (χ4v) is 3.23. The smallest absolute Gasteiger partial charge is 0.261 e. The second-order valence-corrected chi connectivity index (χ2v) is 5.59. The summed E-state index contributed by atoms with van der Waals surface area (Å²) in [7, 11) is 0. The largest absolute Gasteiger partial charge is 0.348 e. The molecule has 17 heavy (non-hydrogen) atoms. The lowest BCUT2D eigenvalue weighted by molar-refractivity contribution is 0.0929. The maximum Gasteiger partial charge on any atom is 0.261 e. The van der Waals surface area contributed by atoms with Gasteiger partial charge in [0.15, 0.2) is 0 Å². The van der Waals surface area contributed by atoms with Crippen LogP contribution in [0.25, 0.3) is 0 Å². The molecule has 2 heterocycles. The van der Waals surface area contributed by atoms with Crippen LogP contribution in [0.5, 0.6) is 0 Å². The Morgan fingerprint density at radius 3 is 3.18 bits per heavy atom. The van der Waals surface area contributed by atoms with E-state index in [0.29, 0.717) is 12.1 Å². The van der Waals surface area contributed by atoms with Crippen molar-refractivity contribution < 1.29 is 4.79 Å². The van der Waals surface area contributed by atoms with E-state index in [0.717, 1.165) is 36.2 Å². The van der Waals surface area contributed by atoms with Gasteiger partial charge in [-0.15, -0.1) is 11.3 Å². The van der Waals surface area contributed by atoms with Crippen molar-refractivity contribution in [2.45, 2.75) is 45.2 Å². The highest BCUT2D eigenvalue weighted by Crippen LogP contribution is 2.18. The van der Waals surface area contributed by atoms with Crippen molar-refractivity contribution in [2.75, 3.05) is 6.54 Å². The van der Waals surface area contributed by atoms with E-state index in [2.05, 4.69) is 24.5 Å². The molecule has 1 aromatic rings. The molecule has 0 radical (unpaired) electrons. The number of hydrogen-bond acceptors (Lipinski definition) is 3. The molecule has 0 saturated carbocycles. The number of nitrogens with one attached hydrogen (secondary N) is 2. The molecule has 0 aliphatic carbocycles. The van der Waals surface area contributed by atoms with E-state index >= 15 is 0 Å². The summed E-state index contributed by atoms with van der Waals surface area (Å²) >= 11 is 1.54. The molecule has 1 aliphatic heterocycles. The van der Waals surface area contributed by atoms with E-state index in [4.69, 9.17) is 0 Å². The van der Waals surface area contributed by atoms with Crippen LogP contribution in [0.1, 0.15) is 41.9 Å². The quantitative estimate of drug-likeness (QED) is 0.865. The number of carbonyl (C=O) groups excluding carboxylic acids is 1. The predicted octanol–water partition coefficient (Wildman–Crippen LogP) is 2.18. The molecule has 0 spiro atoms. The lowest BCUT2D eigenvalue weighted by atomic mass is 10.0. The van der Waals surface area contributed by atoms with Gasteiger partial charge in [-0.25, -0.2) is 0 Å². The minimum absolute atomic E-state index is 0.107. The Morgan fingerprint density at radius 2 is 2.47 bits per heavy atom. The summed E-state index contributed by atoms with van der Waals surface area (Å²) in [5.74, 6) is 0.107. The third-order valence-electron chi connectivity index (χ3n) is 3.29. The molecular formula is C13H20N2OS. The maximum absolute atomic E-state index is 12.1. The first-order valence-electron chi connectivity index (χ1n) is 6.31. The molecule has 2 atom stereocenters. The summed E-state index contributed by atoms with van der Waals surface area (Å²) in [4.78, 5) is 13.0. The fraction of sp³-hybridized carbons (Fsp3) is 0.615. The van der Waals surface area contributed by atoms with Crippen LogP contribution in [0.4, 0.5) is 0 Å². The number of piperidine rings is 1. The third kappa shape index (κ3) is 3.07. The number of rotatable bonds is 3. The van der Waals surface area contributed by atoms with Gasteiger partial charge >= 0.3 is 0 Å². The Kier molecular flexibility index (Phi) is 4.18. The van der Waals surface area contributed by atoms with E-state index in [1.807, 2.05) is 11.4 Å². The van der Waals surface area contributed by atoms with Crippen LogP contribution in [0.2, 0.25) is 0 Å². The van der Waals surface area contributed by atoms with Crippen molar-refractivity contribution in [3.63, 3.8) is 0 Å². The third-order valence-corrected chi connectivity index (χ3v) is 4.25. The van der Waals surface area contributed by atoms with Crippen LogP contribution in [0.15, 0.2) is 11.4 Å². The molecule has 1 fully saturated rings.